The van der Waals surface area contributed by atoms with Crippen molar-refractivity contribution in [2.24, 2.45) is 5.73 Å². The summed E-state index contributed by atoms with van der Waals surface area (Å²) in [5, 5.41) is 8.73. The first kappa shape index (κ1) is 10.7. The molecular formula is C13H18N4. The van der Waals surface area contributed by atoms with Gasteiger partial charge in [0, 0.05) is 12.1 Å². The van der Waals surface area contributed by atoms with E-state index < -0.39 is 0 Å². The van der Waals surface area contributed by atoms with Crippen molar-refractivity contribution in [3.63, 3.8) is 0 Å². The molecule has 1 aliphatic carbocycles. The Bertz CT molecular complexity index is 511. The minimum absolute atomic E-state index is 0.595. The first-order valence-electron chi connectivity index (χ1n) is 6.42. The lowest BCUT2D eigenvalue weighted by Gasteiger charge is -2.07. The maximum atomic E-state index is 5.62. The summed E-state index contributed by atoms with van der Waals surface area (Å²) in [6, 6.07) is 4.16. The molecule has 0 saturated heterocycles. The van der Waals surface area contributed by atoms with Gasteiger partial charge in [0.1, 0.15) is 5.82 Å². The molecule has 0 amide bonds. The molecule has 0 radical (unpaired) electrons. The zero-order chi connectivity index (χ0) is 11.7. The van der Waals surface area contributed by atoms with Crippen molar-refractivity contribution in [2.45, 2.75) is 38.0 Å². The van der Waals surface area contributed by atoms with Crippen LogP contribution in [0, 0.1) is 0 Å². The fraction of sp³-hybridized carbons (Fsp3) is 0.538. The second-order valence-corrected chi connectivity index (χ2v) is 4.81. The molecule has 0 aliphatic heterocycles. The van der Waals surface area contributed by atoms with E-state index in [4.69, 9.17) is 5.73 Å². The van der Waals surface area contributed by atoms with Crippen LogP contribution in [-0.4, -0.2) is 21.1 Å². The third kappa shape index (κ3) is 1.82. The molecule has 2 aromatic heterocycles. The maximum absolute atomic E-state index is 5.62. The van der Waals surface area contributed by atoms with Gasteiger partial charge >= 0.3 is 0 Å². The number of rotatable bonds is 3. The quantitative estimate of drug-likeness (QED) is 0.876. The van der Waals surface area contributed by atoms with E-state index in [9.17, 15) is 0 Å². The molecular weight excluding hydrogens is 212 g/mol. The molecule has 1 fully saturated rings. The predicted molar refractivity (Wildman–Crippen MR) is 67.0 cm³/mol. The van der Waals surface area contributed by atoms with E-state index in [-0.39, 0.29) is 0 Å². The van der Waals surface area contributed by atoms with Crippen LogP contribution < -0.4 is 5.73 Å². The number of pyridine rings is 1. The van der Waals surface area contributed by atoms with Gasteiger partial charge < -0.3 is 5.73 Å². The third-order valence-corrected chi connectivity index (χ3v) is 3.68. The molecule has 2 aromatic rings. The molecule has 1 aliphatic rings. The van der Waals surface area contributed by atoms with E-state index in [1.54, 1.807) is 0 Å². The molecule has 4 nitrogen and oxygen atoms in total. The van der Waals surface area contributed by atoms with Crippen LogP contribution in [0.25, 0.3) is 5.65 Å². The molecule has 2 heterocycles. The van der Waals surface area contributed by atoms with Crippen LogP contribution in [0.2, 0.25) is 0 Å². The first-order valence-corrected chi connectivity index (χ1v) is 6.42. The fourth-order valence-electron chi connectivity index (χ4n) is 2.80. The van der Waals surface area contributed by atoms with Crippen LogP contribution in [-0.2, 0) is 6.42 Å². The highest BCUT2D eigenvalue weighted by atomic mass is 15.2. The molecule has 3 rings (SSSR count). The SMILES string of the molecule is NCCc1cccn2c(C3CCCC3)nnc12. The summed E-state index contributed by atoms with van der Waals surface area (Å²) in [6.45, 7) is 0.658. The highest BCUT2D eigenvalue weighted by Gasteiger charge is 2.22. The Balaban J connectivity index is 2.06. The lowest BCUT2D eigenvalue weighted by Crippen LogP contribution is -2.05. The summed E-state index contributed by atoms with van der Waals surface area (Å²) in [6.07, 6.45) is 8.09. The Morgan fingerprint density at radius 2 is 2.12 bits per heavy atom. The van der Waals surface area contributed by atoms with Crippen molar-refractivity contribution in [1.82, 2.24) is 14.6 Å². The van der Waals surface area contributed by atoms with Gasteiger partial charge in [-0.25, -0.2) is 0 Å². The molecule has 90 valence electrons. The third-order valence-electron chi connectivity index (χ3n) is 3.68. The Hall–Kier alpha value is -1.42. The van der Waals surface area contributed by atoms with E-state index in [2.05, 4.69) is 32.9 Å². The summed E-state index contributed by atoms with van der Waals surface area (Å²) in [4.78, 5) is 0. The van der Waals surface area contributed by atoms with E-state index in [1.807, 2.05) is 0 Å². The van der Waals surface area contributed by atoms with Gasteiger partial charge in [-0.15, -0.1) is 10.2 Å². The zero-order valence-corrected chi connectivity index (χ0v) is 9.97. The summed E-state index contributed by atoms with van der Waals surface area (Å²) in [5.41, 5.74) is 7.81. The minimum Gasteiger partial charge on any atom is -0.330 e. The van der Waals surface area contributed by atoms with Crippen LogP contribution in [0.15, 0.2) is 18.3 Å². The highest BCUT2D eigenvalue weighted by molar-refractivity contribution is 5.47. The average molecular weight is 230 g/mol. The summed E-state index contributed by atoms with van der Waals surface area (Å²) in [5.74, 6) is 1.73. The number of hydrogen-bond acceptors (Lipinski definition) is 3. The van der Waals surface area contributed by atoms with Gasteiger partial charge in [0.25, 0.3) is 0 Å². The molecule has 1 saturated carbocycles. The van der Waals surface area contributed by atoms with Crippen LogP contribution in [0.5, 0.6) is 0 Å². The average Bonchev–Trinajstić information content (AvgIpc) is 2.97. The highest BCUT2D eigenvalue weighted by Crippen LogP contribution is 2.33. The number of aromatic nitrogens is 3. The van der Waals surface area contributed by atoms with Gasteiger partial charge in [-0.05, 0) is 37.4 Å². The standard InChI is InChI=1S/C13H18N4/c14-8-7-11-6-3-9-17-12(15-16-13(11)17)10-4-1-2-5-10/h3,6,9-10H,1-2,4-5,7-8,14H2. The van der Waals surface area contributed by atoms with Gasteiger partial charge in [0.15, 0.2) is 5.65 Å². The van der Waals surface area contributed by atoms with Gasteiger partial charge in [-0.1, -0.05) is 18.9 Å². The van der Waals surface area contributed by atoms with Crippen molar-refractivity contribution in [3.8, 4) is 0 Å². The number of nitrogens with zero attached hydrogens (tertiary/aromatic N) is 3. The molecule has 0 atom stereocenters. The minimum atomic E-state index is 0.595. The molecule has 0 aromatic carbocycles. The zero-order valence-electron chi connectivity index (χ0n) is 9.97. The van der Waals surface area contributed by atoms with Crippen LogP contribution in [0.3, 0.4) is 0 Å². The normalized spacial score (nSPS) is 17.0. The van der Waals surface area contributed by atoms with Gasteiger partial charge in [-0.3, -0.25) is 4.40 Å². The Morgan fingerprint density at radius 1 is 1.29 bits per heavy atom. The number of nitrogens with two attached hydrogens (primary N) is 1. The second kappa shape index (κ2) is 4.45. The van der Waals surface area contributed by atoms with Gasteiger partial charge in [0.2, 0.25) is 0 Å². The maximum Gasteiger partial charge on any atom is 0.164 e. The number of fused-ring (bicyclic) bond motifs is 1. The Kier molecular flexibility index (Phi) is 2.81. The molecule has 4 heteroatoms. The molecule has 2 N–H and O–H groups in total. The summed E-state index contributed by atoms with van der Waals surface area (Å²) in [7, 11) is 0. The van der Waals surface area contributed by atoms with E-state index in [1.165, 1.54) is 31.2 Å². The van der Waals surface area contributed by atoms with Crippen molar-refractivity contribution in [3.05, 3.63) is 29.7 Å². The monoisotopic (exact) mass is 230 g/mol. The molecule has 17 heavy (non-hydrogen) atoms. The number of hydrogen-bond donors (Lipinski definition) is 1. The lowest BCUT2D eigenvalue weighted by atomic mass is 10.1. The summed E-state index contributed by atoms with van der Waals surface area (Å²) < 4.78 is 2.15. The Labute approximate surface area is 101 Å². The lowest BCUT2D eigenvalue weighted by molar-refractivity contribution is 0.658. The van der Waals surface area contributed by atoms with Crippen molar-refractivity contribution >= 4 is 5.65 Å². The van der Waals surface area contributed by atoms with Crippen molar-refractivity contribution in [2.75, 3.05) is 6.54 Å². The molecule has 0 spiro atoms. The fourth-order valence-corrected chi connectivity index (χ4v) is 2.80. The van der Waals surface area contributed by atoms with E-state index >= 15 is 0 Å². The second-order valence-electron chi connectivity index (χ2n) is 4.81. The molecule has 0 unspecified atom stereocenters. The van der Waals surface area contributed by atoms with Crippen LogP contribution in [0.1, 0.15) is 43.0 Å². The van der Waals surface area contributed by atoms with Crippen molar-refractivity contribution in [1.29, 1.82) is 0 Å². The van der Waals surface area contributed by atoms with E-state index in [0.29, 0.717) is 12.5 Å². The molecule has 0 bridgehead atoms. The van der Waals surface area contributed by atoms with Crippen LogP contribution >= 0.6 is 0 Å². The largest absolute Gasteiger partial charge is 0.330 e. The first-order chi connectivity index (χ1) is 8.40. The topological polar surface area (TPSA) is 56.2 Å². The van der Waals surface area contributed by atoms with Crippen LogP contribution in [0.4, 0.5) is 0 Å². The van der Waals surface area contributed by atoms with E-state index in [0.717, 1.165) is 17.9 Å². The van der Waals surface area contributed by atoms with Crippen molar-refractivity contribution < 1.29 is 0 Å². The predicted octanol–water partition coefficient (Wildman–Crippen LogP) is 1.89. The Morgan fingerprint density at radius 3 is 2.88 bits per heavy atom. The van der Waals surface area contributed by atoms with Gasteiger partial charge in [-0.2, -0.15) is 0 Å². The van der Waals surface area contributed by atoms with Gasteiger partial charge in [0.05, 0.1) is 0 Å². The summed E-state index contributed by atoms with van der Waals surface area (Å²) >= 11 is 0. The smallest absolute Gasteiger partial charge is 0.164 e.